The zero-order valence-electron chi connectivity index (χ0n) is 16.6. The van der Waals surface area contributed by atoms with Crippen LogP contribution < -0.4 is 4.74 Å². The van der Waals surface area contributed by atoms with E-state index in [0.717, 1.165) is 30.8 Å². The van der Waals surface area contributed by atoms with E-state index in [1.54, 1.807) is 12.1 Å². The fourth-order valence-corrected chi connectivity index (χ4v) is 3.84. The maximum Gasteiger partial charge on any atom is 0.224 e. The van der Waals surface area contributed by atoms with Crippen LogP contribution in [0.2, 0.25) is 5.02 Å². The number of carbonyl (C=O) groups is 1. The maximum atomic E-state index is 13.0. The smallest absolute Gasteiger partial charge is 0.224 e. The van der Waals surface area contributed by atoms with Gasteiger partial charge in [-0.05, 0) is 57.9 Å². The topological polar surface area (TPSA) is 47.4 Å². The number of piperidine rings is 1. The maximum absolute atomic E-state index is 13.0. The summed E-state index contributed by atoms with van der Waals surface area (Å²) in [6.45, 7) is 7.77. The minimum absolute atomic E-state index is 0.0467. The molecule has 1 aromatic carbocycles. The zero-order chi connectivity index (χ0) is 20.3. The molecule has 1 saturated heterocycles. The summed E-state index contributed by atoms with van der Waals surface area (Å²) >= 11 is 6.23. The number of hydrogen-bond donors (Lipinski definition) is 0. The lowest BCUT2D eigenvalue weighted by Gasteiger charge is -2.33. The van der Waals surface area contributed by atoms with Crippen molar-refractivity contribution in [3.63, 3.8) is 0 Å². The van der Waals surface area contributed by atoms with Crippen LogP contribution in [0, 0.1) is 25.6 Å². The van der Waals surface area contributed by atoms with Gasteiger partial charge in [-0.25, -0.2) is 4.39 Å². The highest BCUT2D eigenvalue weighted by atomic mass is 35.5. The molecular weight excluding hydrogens is 381 g/mol. The lowest BCUT2D eigenvalue weighted by atomic mass is 9.98. The number of rotatable bonds is 6. The van der Waals surface area contributed by atoms with Crippen molar-refractivity contribution < 1.29 is 13.9 Å². The van der Waals surface area contributed by atoms with Gasteiger partial charge in [0.1, 0.15) is 11.6 Å². The van der Waals surface area contributed by atoms with E-state index in [1.165, 1.54) is 12.1 Å². The molecule has 0 spiro atoms. The Morgan fingerprint density at radius 3 is 2.71 bits per heavy atom. The van der Waals surface area contributed by atoms with Crippen LogP contribution in [0.5, 0.6) is 5.75 Å². The molecule has 7 heteroatoms. The van der Waals surface area contributed by atoms with E-state index in [-0.39, 0.29) is 23.7 Å². The Bertz CT molecular complexity index is 822. The molecule has 28 heavy (non-hydrogen) atoms. The Kier molecular flexibility index (Phi) is 6.60. The van der Waals surface area contributed by atoms with Crippen LogP contribution in [0.15, 0.2) is 24.3 Å². The molecule has 1 amide bonds. The molecule has 2 aromatic rings. The molecule has 2 heterocycles. The summed E-state index contributed by atoms with van der Waals surface area (Å²) in [5.74, 6) is 0.781. The summed E-state index contributed by atoms with van der Waals surface area (Å²) in [6.07, 6.45) is 2.38. The van der Waals surface area contributed by atoms with Crippen molar-refractivity contribution in [1.29, 1.82) is 0 Å². The van der Waals surface area contributed by atoms with Crippen molar-refractivity contribution in [2.45, 2.75) is 46.1 Å². The number of carbonyl (C=O) groups excluding carboxylic acids is 1. The number of nitrogens with zero attached hydrogens (tertiary/aromatic N) is 3. The fraction of sp³-hybridized carbons (Fsp3) is 0.524. The molecular formula is C21H27ClFN3O2. The quantitative estimate of drug-likeness (QED) is 0.705. The van der Waals surface area contributed by atoms with Gasteiger partial charge in [-0.2, -0.15) is 5.10 Å². The van der Waals surface area contributed by atoms with Crippen molar-refractivity contribution in [2.24, 2.45) is 5.92 Å². The van der Waals surface area contributed by atoms with Gasteiger partial charge in [0, 0.05) is 25.4 Å². The normalized spacial score (nSPS) is 18.2. The number of benzene rings is 1. The van der Waals surface area contributed by atoms with Gasteiger partial charge in [-0.3, -0.25) is 9.48 Å². The van der Waals surface area contributed by atoms with Gasteiger partial charge in [0.05, 0.1) is 29.1 Å². The first-order valence-corrected chi connectivity index (χ1v) is 10.1. The Morgan fingerprint density at radius 2 is 2.07 bits per heavy atom. The number of likely N-dealkylation sites (tertiary alicyclic amines) is 1. The van der Waals surface area contributed by atoms with Gasteiger partial charge >= 0.3 is 0 Å². The molecule has 3 rings (SSSR count). The van der Waals surface area contributed by atoms with Crippen LogP contribution in [0.4, 0.5) is 4.39 Å². The first kappa shape index (κ1) is 20.6. The van der Waals surface area contributed by atoms with Crippen molar-refractivity contribution in [3.05, 3.63) is 46.5 Å². The summed E-state index contributed by atoms with van der Waals surface area (Å²) in [5.41, 5.74) is 1.68. The molecule has 1 aliphatic rings. The Balaban J connectivity index is 1.53. The molecule has 0 bridgehead atoms. The van der Waals surface area contributed by atoms with Crippen molar-refractivity contribution >= 4 is 17.5 Å². The van der Waals surface area contributed by atoms with Crippen molar-refractivity contribution in [3.8, 4) is 5.75 Å². The van der Waals surface area contributed by atoms with Crippen LogP contribution in [-0.2, 0) is 4.79 Å². The van der Waals surface area contributed by atoms with E-state index in [4.69, 9.17) is 16.3 Å². The highest BCUT2D eigenvalue weighted by molar-refractivity contribution is 6.31. The average molecular weight is 408 g/mol. The second-order valence-electron chi connectivity index (χ2n) is 7.60. The Morgan fingerprint density at radius 1 is 1.36 bits per heavy atom. The summed E-state index contributed by atoms with van der Waals surface area (Å²) < 4.78 is 20.6. The largest absolute Gasteiger partial charge is 0.493 e. The number of aryl methyl sites for hydroxylation is 1. The first-order valence-electron chi connectivity index (χ1n) is 9.72. The van der Waals surface area contributed by atoms with Crippen LogP contribution >= 0.6 is 11.6 Å². The van der Waals surface area contributed by atoms with Crippen LogP contribution in [-0.4, -0.2) is 40.3 Å². The lowest BCUT2D eigenvalue weighted by Crippen LogP contribution is -2.42. The van der Waals surface area contributed by atoms with E-state index in [0.29, 0.717) is 30.3 Å². The highest BCUT2D eigenvalue weighted by Crippen LogP contribution is 2.25. The molecule has 0 saturated carbocycles. The third-order valence-electron chi connectivity index (χ3n) is 5.30. The van der Waals surface area contributed by atoms with Gasteiger partial charge in [0.2, 0.25) is 5.91 Å². The minimum Gasteiger partial charge on any atom is -0.493 e. The number of amides is 1. The third-order valence-corrected chi connectivity index (χ3v) is 5.84. The summed E-state index contributed by atoms with van der Waals surface area (Å²) in [5, 5.41) is 5.12. The van der Waals surface area contributed by atoms with Crippen molar-refractivity contribution in [2.75, 3.05) is 19.7 Å². The molecule has 1 fully saturated rings. The zero-order valence-corrected chi connectivity index (χ0v) is 17.4. The third kappa shape index (κ3) is 4.85. The molecule has 2 atom stereocenters. The molecule has 5 nitrogen and oxygen atoms in total. The van der Waals surface area contributed by atoms with Gasteiger partial charge in [0.25, 0.3) is 0 Å². The van der Waals surface area contributed by atoms with E-state index < -0.39 is 0 Å². The predicted octanol–water partition coefficient (Wildman–Crippen LogP) is 4.56. The second kappa shape index (κ2) is 8.95. The molecule has 2 unspecified atom stereocenters. The Labute approximate surface area is 170 Å². The number of ether oxygens (including phenoxy) is 1. The summed E-state index contributed by atoms with van der Waals surface area (Å²) in [6, 6.07) is 5.98. The van der Waals surface area contributed by atoms with E-state index in [9.17, 15) is 9.18 Å². The van der Waals surface area contributed by atoms with Gasteiger partial charge in [0.15, 0.2) is 0 Å². The molecule has 0 aliphatic carbocycles. The fourth-order valence-electron chi connectivity index (χ4n) is 3.71. The van der Waals surface area contributed by atoms with Crippen LogP contribution in [0.1, 0.15) is 43.6 Å². The van der Waals surface area contributed by atoms with Gasteiger partial charge in [-0.15, -0.1) is 0 Å². The van der Waals surface area contributed by atoms with Crippen molar-refractivity contribution in [1.82, 2.24) is 14.7 Å². The SMILES string of the molecule is Cc1nn(C(C)CC(=O)N2CCCC(COc3ccc(F)cc3)C2)c(C)c1Cl. The number of halogens is 2. The molecule has 0 radical (unpaired) electrons. The number of hydrogen-bond acceptors (Lipinski definition) is 3. The predicted molar refractivity (Wildman–Crippen MR) is 107 cm³/mol. The molecule has 152 valence electrons. The average Bonchev–Trinajstić information content (AvgIpc) is 2.95. The van der Waals surface area contributed by atoms with Gasteiger partial charge in [-0.1, -0.05) is 11.6 Å². The summed E-state index contributed by atoms with van der Waals surface area (Å²) in [7, 11) is 0. The van der Waals surface area contributed by atoms with E-state index in [2.05, 4.69) is 5.10 Å². The van der Waals surface area contributed by atoms with E-state index >= 15 is 0 Å². The lowest BCUT2D eigenvalue weighted by molar-refractivity contribution is -0.134. The molecule has 0 N–H and O–H groups in total. The van der Waals surface area contributed by atoms with Gasteiger partial charge < -0.3 is 9.64 Å². The minimum atomic E-state index is -0.278. The summed E-state index contributed by atoms with van der Waals surface area (Å²) in [4.78, 5) is 14.7. The Hall–Kier alpha value is -2.08. The highest BCUT2D eigenvalue weighted by Gasteiger charge is 2.26. The van der Waals surface area contributed by atoms with Crippen LogP contribution in [0.3, 0.4) is 0 Å². The van der Waals surface area contributed by atoms with Crippen LogP contribution in [0.25, 0.3) is 0 Å². The molecule has 1 aliphatic heterocycles. The monoisotopic (exact) mass is 407 g/mol. The first-order chi connectivity index (χ1) is 13.3. The number of aromatic nitrogens is 2. The van der Waals surface area contributed by atoms with E-state index in [1.807, 2.05) is 30.4 Å². The standard InChI is InChI=1S/C21H27ClFN3O2/c1-14(26-16(3)21(22)15(2)24-26)11-20(27)25-10-4-5-17(12-25)13-28-19-8-6-18(23)7-9-19/h6-9,14,17H,4-5,10-13H2,1-3H3. The molecule has 1 aromatic heterocycles. The second-order valence-corrected chi connectivity index (χ2v) is 7.97.